The summed E-state index contributed by atoms with van der Waals surface area (Å²) >= 11 is 1.76. The number of piperazine rings is 1. The summed E-state index contributed by atoms with van der Waals surface area (Å²) in [4.78, 5) is 6.39. The van der Waals surface area contributed by atoms with E-state index in [-0.39, 0.29) is 32.0 Å². The first-order valence-electron chi connectivity index (χ1n) is 6.33. The average Bonchev–Trinajstić information content (AvgIpc) is 2.36. The molecule has 0 spiro atoms. The van der Waals surface area contributed by atoms with Crippen molar-refractivity contribution < 1.29 is 26.3 Å². The maximum absolute atomic E-state index is 12.7. The molecule has 0 aliphatic carbocycles. The maximum Gasteiger partial charge on any atom is 0.433 e. The Labute approximate surface area is 136 Å². The van der Waals surface area contributed by atoms with Gasteiger partial charge in [-0.05, 0) is 34.7 Å². The molecule has 0 N–H and O–H groups in total. The Hall–Kier alpha value is -0.780. The van der Waals surface area contributed by atoms with Crippen LogP contribution in [0.5, 0.6) is 0 Å². The summed E-state index contributed by atoms with van der Waals surface area (Å²) in [6.07, 6.45) is -8.82. The van der Waals surface area contributed by atoms with Gasteiger partial charge in [0.1, 0.15) is 11.5 Å². The second-order valence-electron chi connectivity index (χ2n) is 4.90. The van der Waals surface area contributed by atoms with Crippen LogP contribution in [0.4, 0.5) is 32.2 Å². The van der Waals surface area contributed by atoms with Crippen LogP contribution in [0.3, 0.4) is 0 Å². The van der Waals surface area contributed by atoms with E-state index in [0.29, 0.717) is 3.57 Å². The Kier molecular flexibility index (Phi) is 5.09. The van der Waals surface area contributed by atoms with E-state index in [1.807, 2.05) is 0 Å². The highest BCUT2D eigenvalue weighted by Gasteiger charge is 2.35. The molecular formula is C12H12F6IN3. The monoisotopic (exact) mass is 439 g/mol. The molecule has 0 radical (unpaired) electrons. The number of halogens is 7. The number of aromatic nitrogens is 1. The van der Waals surface area contributed by atoms with Crippen LogP contribution in [0.15, 0.2) is 12.1 Å². The summed E-state index contributed by atoms with van der Waals surface area (Å²) in [7, 11) is 0. The van der Waals surface area contributed by atoms with Crippen LogP contribution < -0.4 is 4.90 Å². The third-order valence-corrected chi connectivity index (χ3v) is 3.79. The van der Waals surface area contributed by atoms with Crippen molar-refractivity contribution in [3.8, 4) is 0 Å². The van der Waals surface area contributed by atoms with Gasteiger partial charge in [0.2, 0.25) is 0 Å². The topological polar surface area (TPSA) is 19.4 Å². The van der Waals surface area contributed by atoms with E-state index < -0.39 is 24.6 Å². The second-order valence-corrected chi connectivity index (χ2v) is 6.15. The fourth-order valence-corrected chi connectivity index (χ4v) is 2.75. The molecule has 1 aromatic heterocycles. The van der Waals surface area contributed by atoms with Crippen molar-refractivity contribution >= 4 is 28.4 Å². The van der Waals surface area contributed by atoms with Gasteiger partial charge in [0.15, 0.2) is 0 Å². The molecule has 22 heavy (non-hydrogen) atoms. The second kappa shape index (κ2) is 6.38. The molecule has 2 heterocycles. The van der Waals surface area contributed by atoms with Gasteiger partial charge in [-0.3, -0.25) is 4.90 Å². The predicted molar refractivity (Wildman–Crippen MR) is 76.7 cm³/mol. The molecule has 0 bridgehead atoms. The van der Waals surface area contributed by atoms with Crippen molar-refractivity contribution in [3.63, 3.8) is 0 Å². The minimum atomic E-state index is -4.55. The van der Waals surface area contributed by atoms with E-state index in [1.54, 1.807) is 27.5 Å². The molecule has 1 fully saturated rings. The third-order valence-electron chi connectivity index (χ3n) is 3.17. The van der Waals surface area contributed by atoms with Crippen molar-refractivity contribution in [1.29, 1.82) is 0 Å². The van der Waals surface area contributed by atoms with Crippen LogP contribution in [-0.2, 0) is 6.18 Å². The molecule has 1 aliphatic rings. The lowest BCUT2D eigenvalue weighted by molar-refractivity contribution is -0.146. The lowest BCUT2D eigenvalue weighted by atomic mass is 10.3. The van der Waals surface area contributed by atoms with Gasteiger partial charge < -0.3 is 4.90 Å². The Morgan fingerprint density at radius 1 is 1.00 bits per heavy atom. The Balaban J connectivity index is 2.07. The van der Waals surface area contributed by atoms with Crippen LogP contribution in [0.25, 0.3) is 0 Å². The minimum absolute atomic E-state index is 0.133. The van der Waals surface area contributed by atoms with Crippen molar-refractivity contribution in [2.75, 3.05) is 37.6 Å². The van der Waals surface area contributed by atoms with Crippen LogP contribution >= 0.6 is 22.6 Å². The Morgan fingerprint density at radius 3 is 2.09 bits per heavy atom. The lowest BCUT2D eigenvalue weighted by Crippen LogP contribution is -2.49. The highest BCUT2D eigenvalue weighted by atomic mass is 127. The zero-order chi connectivity index (χ0) is 16.5. The number of alkyl halides is 6. The number of rotatable bonds is 2. The molecule has 1 saturated heterocycles. The summed E-state index contributed by atoms with van der Waals surface area (Å²) in [5, 5.41) is 0. The fraction of sp³-hybridized carbons (Fsp3) is 0.583. The molecule has 1 aromatic rings. The van der Waals surface area contributed by atoms with Gasteiger partial charge in [0, 0.05) is 29.7 Å². The molecule has 0 amide bonds. The van der Waals surface area contributed by atoms with E-state index in [0.717, 1.165) is 6.07 Å². The molecule has 10 heteroatoms. The average molecular weight is 439 g/mol. The van der Waals surface area contributed by atoms with Crippen molar-refractivity contribution in [2.45, 2.75) is 12.4 Å². The number of nitrogens with zero attached hydrogens (tertiary/aromatic N) is 3. The summed E-state index contributed by atoms with van der Waals surface area (Å²) in [6.45, 7) is -0.322. The van der Waals surface area contributed by atoms with Gasteiger partial charge in [-0.2, -0.15) is 26.3 Å². The molecule has 3 nitrogen and oxygen atoms in total. The number of pyridine rings is 1. The number of hydrogen-bond acceptors (Lipinski definition) is 3. The molecule has 0 saturated carbocycles. The van der Waals surface area contributed by atoms with Gasteiger partial charge in [-0.15, -0.1) is 0 Å². The van der Waals surface area contributed by atoms with Gasteiger partial charge in [-0.1, -0.05) is 0 Å². The van der Waals surface area contributed by atoms with Crippen molar-refractivity contribution in [2.24, 2.45) is 0 Å². The van der Waals surface area contributed by atoms with E-state index in [2.05, 4.69) is 4.98 Å². The first-order valence-corrected chi connectivity index (χ1v) is 7.41. The standard InChI is InChI=1S/C12H12F6IN3/c13-11(14,15)7-21-1-3-22(4-2-21)10-6-8(19)5-9(20-10)12(16,17)18/h5-6H,1-4,7H2. The highest BCUT2D eigenvalue weighted by molar-refractivity contribution is 14.1. The lowest BCUT2D eigenvalue weighted by Gasteiger charge is -2.35. The Bertz CT molecular complexity index is 523. The maximum atomic E-state index is 12.7. The van der Waals surface area contributed by atoms with Gasteiger partial charge in [-0.25, -0.2) is 4.98 Å². The summed E-state index contributed by atoms with van der Waals surface area (Å²) < 4.78 is 75.5. The molecule has 124 valence electrons. The molecule has 0 aromatic carbocycles. The van der Waals surface area contributed by atoms with Gasteiger partial charge in [0.05, 0.1) is 6.54 Å². The molecule has 2 rings (SSSR count). The first kappa shape index (κ1) is 17.6. The molecule has 0 unspecified atom stereocenters. The van der Waals surface area contributed by atoms with Crippen LogP contribution in [0.2, 0.25) is 0 Å². The van der Waals surface area contributed by atoms with Crippen LogP contribution in [0.1, 0.15) is 5.69 Å². The highest BCUT2D eigenvalue weighted by Crippen LogP contribution is 2.31. The van der Waals surface area contributed by atoms with Crippen LogP contribution in [-0.4, -0.2) is 48.8 Å². The van der Waals surface area contributed by atoms with E-state index in [9.17, 15) is 26.3 Å². The quantitative estimate of drug-likeness (QED) is 0.521. The normalized spacial score (nSPS) is 17.9. The molecule has 1 aliphatic heterocycles. The zero-order valence-electron chi connectivity index (χ0n) is 11.2. The fourth-order valence-electron chi connectivity index (χ4n) is 2.18. The SMILES string of the molecule is FC(F)(F)CN1CCN(c2cc(I)cc(C(F)(F)F)n2)CC1. The van der Waals surface area contributed by atoms with Crippen molar-refractivity contribution in [3.05, 3.63) is 21.4 Å². The predicted octanol–water partition coefficient (Wildman–Crippen LogP) is 3.39. The number of hydrogen-bond donors (Lipinski definition) is 0. The van der Waals surface area contributed by atoms with E-state index in [4.69, 9.17) is 0 Å². The first-order chi connectivity index (χ1) is 10.0. The number of anilines is 1. The van der Waals surface area contributed by atoms with Crippen molar-refractivity contribution in [1.82, 2.24) is 9.88 Å². The summed E-state index contributed by atoms with van der Waals surface area (Å²) in [5.41, 5.74) is -0.993. The molecule has 0 atom stereocenters. The van der Waals surface area contributed by atoms with Gasteiger partial charge >= 0.3 is 12.4 Å². The summed E-state index contributed by atoms with van der Waals surface area (Å²) in [6, 6.07) is 2.43. The van der Waals surface area contributed by atoms with E-state index >= 15 is 0 Å². The van der Waals surface area contributed by atoms with Crippen LogP contribution in [0, 0.1) is 3.57 Å². The van der Waals surface area contributed by atoms with E-state index in [1.165, 1.54) is 11.0 Å². The largest absolute Gasteiger partial charge is 0.433 e. The zero-order valence-corrected chi connectivity index (χ0v) is 13.3. The Morgan fingerprint density at radius 2 is 1.59 bits per heavy atom. The minimum Gasteiger partial charge on any atom is -0.354 e. The third kappa shape index (κ3) is 4.86. The smallest absolute Gasteiger partial charge is 0.354 e. The molecular weight excluding hydrogens is 427 g/mol. The van der Waals surface area contributed by atoms with Gasteiger partial charge in [0.25, 0.3) is 0 Å². The summed E-state index contributed by atoms with van der Waals surface area (Å²) in [5.74, 6) is 0.144.